The average Bonchev–Trinajstić information content (AvgIpc) is 3.28. The first-order valence-electron chi connectivity index (χ1n) is 11.1. The van der Waals surface area contributed by atoms with Crippen LogP contribution in [-0.4, -0.2) is 15.9 Å². The highest BCUT2D eigenvalue weighted by molar-refractivity contribution is 6.39. The van der Waals surface area contributed by atoms with Gasteiger partial charge < -0.3 is 9.72 Å². The van der Waals surface area contributed by atoms with Crippen LogP contribution in [0.5, 0.6) is 0 Å². The Labute approximate surface area is 222 Å². The molecule has 1 N–H and O–H groups in total. The van der Waals surface area contributed by atoms with Crippen molar-refractivity contribution >= 4 is 80.8 Å². The Morgan fingerprint density at radius 1 is 0.917 bits per heavy atom. The average molecular weight is 534 g/mol. The fourth-order valence-corrected chi connectivity index (χ4v) is 4.64. The Bertz CT molecular complexity index is 1650. The van der Waals surface area contributed by atoms with Gasteiger partial charge in [0.1, 0.15) is 6.61 Å². The van der Waals surface area contributed by atoms with Gasteiger partial charge in [0.15, 0.2) is 0 Å². The lowest BCUT2D eigenvalue weighted by Crippen LogP contribution is -2.00. The van der Waals surface area contributed by atoms with Crippen molar-refractivity contribution < 1.29 is 9.53 Å². The third-order valence-corrected chi connectivity index (χ3v) is 6.33. The number of carbonyl (C=O) groups excluding carboxylic acids is 1. The standard InChI is InChI=1S/C29H19Cl3N2O2/c30-22-8-5-20-6-10-24(34-26(20)14-22)9-4-18-2-1-3-19(12-18)17-36-28(35)11-7-21-16-33-27-15-23(31)13-25(32)29(21)27/h1-16,33H,17H2/b9-4+,11-7+. The summed E-state index contributed by atoms with van der Waals surface area (Å²) in [5, 5.41) is 3.54. The van der Waals surface area contributed by atoms with Gasteiger partial charge in [0.25, 0.3) is 0 Å². The minimum Gasteiger partial charge on any atom is -0.458 e. The first kappa shape index (κ1) is 24.1. The number of nitrogens with one attached hydrogen (secondary N) is 1. The van der Waals surface area contributed by atoms with Crippen LogP contribution in [0.1, 0.15) is 22.4 Å². The van der Waals surface area contributed by atoms with Gasteiger partial charge in [-0.05, 0) is 59.7 Å². The maximum Gasteiger partial charge on any atom is 0.331 e. The van der Waals surface area contributed by atoms with Crippen LogP contribution in [0.25, 0.3) is 40.0 Å². The van der Waals surface area contributed by atoms with Gasteiger partial charge in [0, 0.05) is 44.2 Å². The maximum absolute atomic E-state index is 12.3. The summed E-state index contributed by atoms with van der Waals surface area (Å²) < 4.78 is 5.43. The van der Waals surface area contributed by atoms with Gasteiger partial charge in [-0.3, -0.25) is 0 Å². The van der Waals surface area contributed by atoms with Crippen molar-refractivity contribution in [1.82, 2.24) is 9.97 Å². The summed E-state index contributed by atoms with van der Waals surface area (Å²) >= 11 is 18.4. The van der Waals surface area contributed by atoms with Gasteiger partial charge in [-0.25, -0.2) is 9.78 Å². The normalized spacial score (nSPS) is 11.8. The molecule has 0 bridgehead atoms. The smallest absolute Gasteiger partial charge is 0.331 e. The highest BCUT2D eigenvalue weighted by atomic mass is 35.5. The number of H-pyrrole nitrogens is 1. The number of pyridine rings is 1. The van der Waals surface area contributed by atoms with Gasteiger partial charge in [-0.2, -0.15) is 0 Å². The number of carbonyl (C=O) groups is 1. The monoisotopic (exact) mass is 532 g/mol. The molecule has 36 heavy (non-hydrogen) atoms. The Balaban J connectivity index is 1.23. The van der Waals surface area contributed by atoms with Crippen molar-refractivity contribution in [1.29, 1.82) is 0 Å². The minimum atomic E-state index is -0.450. The van der Waals surface area contributed by atoms with E-state index < -0.39 is 5.97 Å². The molecule has 178 valence electrons. The first-order valence-corrected chi connectivity index (χ1v) is 12.2. The van der Waals surface area contributed by atoms with Gasteiger partial charge in [0.2, 0.25) is 0 Å². The number of nitrogens with zero attached hydrogens (tertiary/aromatic N) is 1. The zero-order valence-electron chi connectivity index (χ0n) is 18.8. The summed E-state index contributed by atoms with van der Waals surface area (Å²) in [6, 6.07) is 20.8. The molecule has 0 fully saturated rings. The van der Waals surface area contributed by atoms with Gasteiger partial charge in [-0.1, -0.05) is 71.2 Å². The maximum atomic E-state index is 12.3. The van der Waals surface area contributed by atoms with Crippen LogP contribution < -0.4 is 0 Å². The fraction of sp³-hybridized carbons (Fsp3) is 0.0345. The second-order valence-electron chi connectivity index (χ2n) is 8.15. The van der Waals surface area contributed by atoms with Crippen LogP contribution in [0.4, 0.5) is 0 Å². The lowest BCUT2D eigenvalue weighted by molar-refractivity contribution is -0.138. The molecule has 0 spiro atoms. The Morgan fingerprint density at radius 2 is 1.78 bits per heavy atom. The van der Waals surface area contributed by atoms with Gasteiger partial charge in [0.05, 0.1) is 16.2 Å². The molecule has 0 amide bonds. The summed E-state index contributed by atoms with van der Waals surface area (Å²) in [6.07, 6.45) is 8.73. The van der Waals surface area contributed by atoms with Crippen molar-refractivity contribution in [3.63, 3.8) is 0 Å². The van der Waals surface area contributed by atoms with E-state index in [2.05, 4.69) is 9.97 Å². The Kier molecular flexibility index (Phi) is 7.10. The molecule has 0 atom stereocenters. The minimum absolute atomic E-state index is 0.155. The van der Waals surface area contributed by atoms with Crippen molar-refractivity contribution in [2.75, 3.05) is 0 Å². The number of hydrogen-bond acceptors (Lipinski definition) is 3. The van der Waals surface area contributed by atoms with Crippen LogP contribution in [0.3, 0.4) is 0 Å². The van der Waals surface area contributed by atoms with E-state index in [-0.39, 0.29) is 6.61 Å². The number of aromatic nitrogens is 2. The van der Waals surface area contributed by atoms with E-state index in [0.29, 0.717) is 15.1 Å². The van der Waals surface area contributed by atoms with E-state index in [1.54, 1.807) is 24.4 Å². The molecule has 7 heteroatoms. The molecule has 2 heterocycles. The summed E-state index contributed by atoms with van der Waals surface area (Å²) in [5.41, 5.74) is 5.10. The molecular weight excluding hydrogens is 515 g/mol. The van der Waals surface area contributed by atoms with E-state index in [1.165, 1.54) is 6.08 Å². The summed E-state index contributed by atoms with van der Waals surface area (Å²) in [7, 11) is 0. The summed E-state index contributed by atoms with van der Waals surface area (Å²) in [5.74, 6) is -0.450. The number of esters is 1. The number of aromatic amines is 1. The van der Waals surface area contributed by atoms with E-state index >= 15 is 0 Å². The van der Waals surface area contributed by atoms with Crippen LogP contribution in [0.15, 0.2) is 79.0 Å². The highest BCUT2D eigenvalue weighted by Gasteiger charge is 2.08. The number of rotatable bonds is 6. The molecule has 4 nitrogen and oxygen atoms in total. The Morgan fingerprint density at radius 3 is 2.67 bits per heavy atom. The molecule has 2 aromatic heterocycles. The first-order chi connectivity index (χ1) is 17.4. The lowest BCUT2D eigenvalue weighted by Gasteiger charge is -2.04. The molecular formula is C29H19Cl3N2O2. The van der Waals surface area contributed by atoms with Crippen molar-refractivity contribution in [3.05, 3.63) is 116 Å². The lowest BCUT2D eigenvalue weighted by atomic mass is 10.1. The van der Waals surface area contributed by atoms with Crippen molar-refractivity contribution in [2.45, 2.75) is 6.61 Å². The molecule has 0 saturated carbocycles. The zero-order chi connectivity index (χ0) is 25.1. The molecule has 5 rings (SSSR count). The van der Waals surface area contributed by atoms with Crippen LogP contribution >= 0.6 is 34.8 Å². The highest BCUT2D eigenvalue weighted by Crippen LogP contribution is 2.31. The predicted molar refractivity (Wildman–Crippen MR) is 149 cm³/mol. The third kappa shape index (κ3) is 5.63. The topological polar surface area (TPSA) is 55.0 Å². The zero-order valence-corrected chi connectivity index (χ0v) is 21.1. The van der Waals surface area contributed by atoms with Crippen LogP contribution in [0.2, 0.25) is 15.1 Å². The fourth-order valence-electron chi connectivity index (χ4n) is 3.87. The molecule has 0 radical (unpaired) electrons. The Hall–Kier alpha value is -3.57. The van der Waals surface area contributed by atoms with E-state index in [0.717, 1.165) is 44.2 Å². The van der Waals surface area contributed by atoms with Crippen molar-refractivity contribution in [3.8, 4) is 0 Å². The van der Waals surface area contributed by atoms with Gasteiger partial charge in [-0.15, -0.1) is 0 Å². The van der Waals surface area contributed by atoms with Crippen LogP contribution in [0, 0.1) is 0 Å². The second kappa shape index (κ2) is 10.6. The quantitative estimate of drug-likeness (QED) is 0.176. The molecule has 0 unspecified atom stereocenters. The number of fused-ring (bicyclic) bond motifs is 2. The van der Waals surface area contributed by atoms with Crippen LogP contribution in [-0.2, 0) is 16.1 Å². The SMILES string of the molecule is O=C(/C=C/c1c[nH]c2cc(Cl)cc(Cl)c12)OCc1cccc(/C=C/c2ccc3ccc(Cl)cc3n2)c1. The molecule has 5 aromatic rings. The van der Waals surface area contributed by atoms with Gasteiger partial charge >= 0.3 is 5.97 Å². The van der Waals surface area contributed by atoms with E-state index in [4.69, 9.17) is 39.5 Å². The van der Waals surface area contributed by atoms with Crippen molar-refractivity contribution in [2.24, 2.45) is 0 Å². The predicted octanol–water partition coefficient (Wildman–Crippen LogP) is 8.60. The largest absolute Gasteiger partial charge is 0.458 e. The molecule has 3 aromatic carbocycles. The van der Waals surface area contributed by atoms with E-state index in [1.807, 2.05) is 66.7 Å². The molecule has 0 aliphatic rings. The molecule has 0 saturated heterocycles. The number of ether oxygens (including phenoxy) is 1. The summed E-state index contributed by atoms with van der Waals surface area (Å²) in [4.78, 5) is 20.0. The molecule has 0 aliphatic heterocycles. The number of benzene rings is 3. The molecule has 0 aliphatic carbocycles. The number of hydrogen-bond donors (Lipinski definition) is 1. The number of halogens is 3. The van der Waals surface area contributed by atoms with E-state index in [9.17, 15) is 4.79 Å². The summed E-state index contributed by atoms with van der Waals surface area (Å²) in [6.45, 7) is 0.155. The third-order valence-electron chi connectivity index (χ3n) is 5.58. The second-order valence-corrected chi connectivity index (χ2v) is 9.43.